The van der Waals surface area contributed by atoms with E-state index in [9.17, 15) is 17.6 Å². The Morgan fingerprint density at radius 1 is 1.11 bits per heavy atom. The Morgan fingerprint density at radius 3 is 1.44 bits per heavy atom. The van der Waals surface area contributed by atoms with Crippen LogP contribution in [0.25, 0.3) is 0 Å². The van der Waals surface area contributed by atoms with Crippen LogP contribution in [0.15, 0.2) is 0 Å². The van der Waals surface area contributed by atoms with Gasteiger partial charge in [-0.15, -0.1) is 0 Å². The third kappa shape index (κ3) is 1.79. The lowest BCUT2D eigenvalue weighted by Crippen LogP contribution is -2.54. The van der Waals surface area contributed by atoms with Gasteiger partial charge in [-0.05, 0) is 0 Å². The molecule has 1 unspecified atom stereocenters. The third-order valence-electron chi connectivity index (χ3n) is 0.768. The fraction of sp³-hybridized carbons (Fsp3) is 1.00. The maximum atomic E-state index is 11.9. The average molecular weight is 146 g/mol. The largest absolute Gasteiger partial charge is 0.437 e. The van der Waals surface area contributed by atoms with Crippen molar-refractivity contribution < 1.29 is 17.6 Å². The van der Waals surface area contributed by atoms with Crippen molar-refractivity contribution in [3.05, 3.63) is 0 Å². The van der Waals surface area contributed by atoms with Gasteiger partial charge in [0.1, 0.15) is 0 Å². The molecule has 1 atom stereocenters. The van der Waals surface area contributed by atoms with E-state index in [2.05, 4.69) is 11.5 Å². The van der Waals surface area contributed by atoms with Gasteiger partial charge in [-0.25, -0.2) is 4.39 Å². The average Bonchev–Trinajstić information content (AvgIpc) is 1.64. The molecule has 0 aromatic heterocycles. The summed E-state index contributed by atoms with van der Waals surface area (Å²) in [5, 5.41) is 0. The van der Waals surface area contributed by atoms with E-state index in [0.717, 1.165) is 0 Å². The predicted molar refractivity (Wildman–Crippen MR) is 23.1 cm³/mol. The standard InChI is InChI=1S/C3H6F4N2/c4-2(9,1-8)3(5,6)7/h1,8-9H2. The molecule has 0 radical (unpaired) electrons. The number of halogens is 4. The first kappa shape index (κ1) is 8.64. The van der Waals surface area contributed by atoms with E-state index in [1.54, 1.807) is 0 Å². The Hall–Kier alpha value is -0.360. The summed E-state index contributed by atoms with van der Waals surface area (Å²) in [7, 11) is 0. The molecule has 0 amide bonds. The zero-order chi connectivity index (χ0) is 7.71. The van der Waals surface area contributed by atoms with Crippen LogP contribution in [0, 0.1) is 0 Å². The maximum Gasteiger partial charge on any atom is 0.437 e. The summed E-state index contributed by atoms with van der Waals surface area (Å²) < 4.78 is 45.6. The van der Waals surface area contributed by atoms with Gasteiger partial charge in [0.25, 0.3) is 5.79 Å². The van der Waals surface area contributed by atoms with E-state index in [1.165, 1.54) is 0 Å². The Labute approximate surface area is 48.8 Å². The van der Waals surface area contributed by atoms with Gasteiger partial charge in [0, 0.05) is 6.54 Å². The van der Waals surface area contributed by atoms with E-state index >= 15 is 0 Å². The van der Waals surface area contributed by atoms with Crippen molar-refractivity contribution in [3.8, 4) is 0 Å². The molecule has 0 rings (SSSR count). The second kappa shape index (κ2) is 2.11. The number of alkyl halides is 4. The fourth-order valence-electron chi connectivity index (χ4n) is 0.116. The SMILES string of the molecule is NCC(N)(F)C(F)(F)F. The van der Waals surface area contributed by atoms with E-state index in [-0.39, 0.29) is 0 Å². The summed E-state index contributed by atoms with van der Waals surface area (Å²) >= 11 is 0. The Bertz CT molecular complexity index is 96.5. The molecule has 0 aromatic rings. The van der Waals surface area contributed by atoms with Gasteiger partial charge in [-0.3, -0.25) is 5.73 Å². The number of hydrogen-bond acceptors (Lipinski definition) is 2. The highest BCUT2D eigenvalue weighted by molar-refractivity contribution is 4.80. The van der Waals surface area contributed by atoms with Crippen LogP contribution in [0.2, 0.25) is 0 Å². The minimum absolute atomic E-state index is 1.25. The van der Waals surface area contributed by atoms with Crippen molar-refractivity contribution in [2.45, 2.75) is 12.0 Å². The molecule has 4 N–H and O–H groups in total. The maximum absolute atomic E-state index is 11.9. The van der Waals surface area contributed by atoms with Crippen molar-refractivity contribution in [2.75, 3.05) is 6.54 Å². The first-order chi connectivity index (χ1) is 3.81. The third-order valence-corrected chi connectivity index (χ3v) is 0.768. The molecule has 0 saturated carbocycles. The summed E-state index contributed by atoms with van der Waals surface area (Å²) in [5.41, 5.74) is 8.45. The van der Waals surface area contributed by atoms with E-state index < -0.39 is 18.5 Å². The lowest BCUT2D eigenvalue weighted by atomic mass is 10.3. The van der Waals surface area contributed by atoms with Crippen LogP contribution in [-0.2, 0) is 0 Å². The quantitative estimate of drug-likeness (QED) is 0.408. The second-order valence-corrected chi connectivity index (χ2v) is 1.56. The van der Waals surface area contributed by atoms with Crippen LogP contribution in [0.4, 0.5) is 17.6 Å². The normalized spacial score (nSPS) is 19.3. The lowest BCUT2D eigenvalue weighted by molar-refractivity contribution is -0.224. The molecule has 0 aromatic carbocycles. The number of rotatable bonds is 1. The van der Waals surface area contributed by atoms with E-state index in [1.807, 2.05) is 0 Å². The van der Waals surface area contributed by atoms with Crippen molar-refractivity contribution in [1.29, 1.82) is 0 Å². The molecule has 0 bridgehead atoms. The van der Waals surface area contributed by atoms with Crippen molar-refractivity contribution in [2.24, 2.45) is 11.5 Å². The molecule has 0 aliphatic carbocycles. The molecule has 6 heteroatoms. The summed E-state index contributed by atoms with van der Waals surface area (Å²) in [6.45, 7) is -1.25. The van der Waals surface area contributed by atoms with Crippen LogP contribution < -0.4 is 11.5 Å². The van der Waals surface area contributed by atoms with Crippen LogP contribution >= 0.6 is 0 Å². The minimum Gasteiger partial charge on any atom is -0.326 e. The van der Waals surface area contributed by atoms with E-state index in [4.69, 9.17) is 0 Å². The molecule has 56 valence electrons. The van der Waals surface area contributed by atoms with Gasteiger partial charge < -0.3 is 5.73 Å². The Balaban J connectivity index is 4.14. The molecule has 0 heterocycles. The predicted octanol–water partition coefficient (Wildman–Crippen LogP) is 0.132. The first-order valence-corrected chi connectivity index (χ1v) is 2.06. The monoisotopic (exact) mass is 146 g/mol. The van der Waals surface area contributed by atoms with Crippen molar-refractivity contribution in [3.63, 3.8) is 0 Å². The highest BCUT2D eigenvalue weighted by Gasteiger charge is 2.52. The van der Waals surface area contributed by atoms with Gasteiger partial charge in [0.15, 0.2) is 0 Å². The van der Waals surface area contributed by atoms with Crippen molar-refractivity contribution >= 4 is 0 Å². The molecule has 0 spiro atoms. The van der Waals surface area contributed by atoms with Gasteiger partial charge in [-0.2, -0.15) is 13.2 Å². The first-order valence-electron chi connectivity index (χ1n) is 2.06. The van der Waals surface area contributed by atoms with Crippen LogP contribution in [-0.4, -0.2) is 18.5 Å². The van der Waals surface area contributed by atoms with Gasteiger partial charge in [-0.1, -0.05) is 0 Å². The summed E-state index contributed by atoms with van der Waals surface area (Å²) in [6, 6.07) is 0. The van der Waals surface area contributed by atoms with Crippen LogP contribution in [0.3, 0.4) is 0 Å². The zero-order valence-corrected chi connectivity index (χ0v) is 4.37. The summed E-state index contributed by atoms with van der Waals surface area (Å²) in [6.07, 6.45) is -5.07. The number of hydrogen-bond donors (Lipinski definition) is 2. The molecular formula is C3H6F4N2. The topological polar surface area (TPSA) is 52.0 Å². The molecule has 0 fully saturated rings. The smallest absolute Gasteiger partial charge is 0.326 e. The summed E-state index contributed by atoms with van der Waals surface area (Å²) in [4.78, 5) is 0. The second-order valence-electron chi connectivity index (χ2n) is 1.56. The fourth-order valence-corrected chi connectivity index (χ4v) is 0.116. The lowest BCUT2D eigenvalue weighted by Gasteiger charge is -2.20. The van der Waals surface area contributed by atoms with Gasteiger partial charge in [0.2, 0.25) is 0 Å². The molecule has 9 heavy (non-hydrogen) atoms. The van der Waals surface area contributed by atoms with E-state index in [0.29, 0.717) is 0 Å². The Morgan fingerprint density at radius 2 is 1.44 bits per heavy atom. The zero-order valence-electron chi connectivity index (χ0n) is 4.37. The molecule has 0 aliphatic heterocycles. The molecular weight excluding hydrogens is 140 g/mol. The summed E-state index contributed by atoms with van der Waals surface area (Å²) in [5.74, 6) is -3.74. The van der Waals surface area contributed by atoms with Crippen LogP contribution in [0.1, 0.15) is 0 Å². The molecule has 2 nitrogen and oxygen atoms in total. The van der Waals surface area contributed by atoms with Gasteiger partial charge in [0.05, 0.1) is 0 Å². The number of nitrogens with two attached hydrogens (primary N) is 2. The minimum atomic E-state index is -5.07. The van der Waals surface area contributed by atoms with Crippen molar-refractivity contribution in [1.82, 2.24) is 0 Å². The van der Waals surface area contributed by atoms with Crippen LogP contribution in [0.5, 0.6) is 0 Å². The van der Waals surface area contributed by atoms with Gasteiger partial charge >= 0.3 is 6.18 Å². The molecule has 0 aliphatic rings. The molecule has 0 saturated heterocycles. The highest BCUT2D eigenvalue weighted by atomic mass is 19.4. The Kier molecular flexibility index (Phi) is 2.02. The highest BCUT2D eigenvalue weighted by Crippen LogP contribution is 2.27.